The van der Waals surface area contributed by atoms with E-state index in [1.54, 1.807) is 6.92 Å². The summed E-state index contributed by atoms with van der Waals surface area (Å²) >= 11 is 0. The highest BCUT2D eigenvalue weighted by molar-refractivity contribution is 7.89. The fraction of sp³-hybridized carbons (Fsp3) is 0.500. The van der Waals surface area contributed by atoms with Crippen molar-refractivity contribution in [3.05, 3.63) is 30.1 Å². The average Bonchev–Trinajstić information content (AvgIpc) is 2.37. The maximum absolute atomic E-state index is 13.0. The van der Waals surface area contributed by atoms with Crippen LogP contribution >= 0.6 is 0 Å². The van der Waals surface area contributed by atoms with Gasteiger partial charge in [-0.15, -0.1) is 0 Å². The van der Waals surface area contributed by atoms with Crippen molar-refractivity contribution in [1.29, 1.82) is 0 Å². The lowest BCUT2D eigenvalue weighted by Crippen LogP contribution is -2.45. The first-order valence-corrected chi connectivity index (χ1v) is 7.11. The van der Waals surface area contributed by atoms with Crippen molar-refractivity contribution in [2.24, 2.45) is 0 Å². The summed E-state index contributed by atoms with van der Waals surface area (Å²) in [7, 11) is -0.804. The molecule has 1 aromatic rings. The third kappa shape index (κ3) is 4.54. The largest absolute Gasteiger partial charge is 0.382 e. The second-order valence-corrected chi connectivity index (χ2v) is 6.14. The number of nitrogens with one attached hydrogen (secondary N) is 1. The lowest BCUT2D eigenvalue weighted by molar-refractivity contribution is -0.0460. The molecule has 0 fully saturated rings. The van der Waals surface area contributed by atoms with Gasteiger partial charge in [0, 0.05) is 20.8 Å². The second-order valence-electron chi connectivity index (χ2n) is 4.37. The molecule has 0 aliphatic carbocycles. The summed E-state index contributed by atoms with van der Waals surface area (Å²) in [5, 5.41) is 0. The van der Waals surface area contributed by atoms with Gasteiger partial charge in [0.15, 0.2) is 0 Å². The summed E-state index contributed by atoms with van der Waals surface area (Å²) in [6.07, 6.45) is 0. The van der Waals surface area contributed by atoms with Crippen LogP contribution in [0.25, 0.3) is 0 Å². The number of methoxy groups -OCH3 is 2. The van der Waals surface area contributed by atoms with E-state index in [1.807, 2.05) is 0 Å². The first kappa shape index (κ1) is 16.0. The molecule has 108 valence electrons. The molecular formula is C12H18FNO4S. The molecule has 0 saturated heterocycles. The van der Waals surface area contributed by atoms with E-state index in [0.717, 1.165) is 6.07 Å². The zero-order chi connectivity index (χ0) is 14.5. The number of hydrogen-bond donors (Lipinski definition) is 1. The number of sulfonamides is 1. The SMILES string of the molecule is COC[C@@](C)(CNS(=O)(=O)c1cccc(F)c1)OC. The molecule has 0 bridgehead atoms. The van der Waals surface area contributed by atoms with Gasteiger partial charge in [-0.3, -0.25) is 0 Å². The molecule has 0 aromatic heterocycles. The molecule has 0 unspecified atom stereocenters. The van der Waals surface area contributed by atoms with Crippen LogP contribution in [0.15, 0.2) is 29.2 Å². The van der Waals surface area contributed by atoms with Crippen LogP contribution in [0.3, 0.4) is 0 Å². The molecule has 1 atom stereocenters. The molecule has 0 spiro atoms. The Balaban J connectivity index is 2.81. The Bertz CT molecular complexity index is 520. The van der Waals surface area contributed by atoms with Gasteiger partial charge in [-0.1, -0.05) is 6.07 Å². The normalized spacial score (nSPS) is 15.2. The number of ether oxygens (including phenoxy) is 2. The van der Waals surface area contributed by atoms with Gasteiger partial charge in [0.2, 0.25) is 10.0 Å². The molecule has 7 heteroatoms. The Morgan fingerprint density at radius 3 is 2.58 bits per heavy atom. The van der Waals surface area contributed by atoms with Crippen molar-refractivity contribution >= 4 is 10.0 Å². The summed E-state index contributed by atoms with van der Waals surface area (Å²) < 4.78 is 49.5. The van der Waals surface area contributed by atoms with Crippen LogP contribution in [0.1, 0.15) is 6.92 Å². The third-order valence-corrected chi connectivity index (χ3v) is 4.08. The third-order valence-electron chi connectivity index (χ3n) is 2.68. The van der Waals surface area contributed by atoms with E-state index in [2.05, 4.69) is 4.72 Å². The first-order chi connectivity index (χ1) is 8.83. The molecule has 0 aliphatic rings. The van der Waals surface area contributed by atoms with E-state index >= 15 is 0 Å². The van der Waals surface area contributed by atoms with Crippen molar-refractivity contribution < 1.29 is 22.3 Å². The quantitative estimate of drug-likeness (QED) is 0.818. The van der Waals surface area contributed by atoms with Gasteiger partial charge in [-0.2, -0.15) is 0 Å². The average molecular weight is 291 g/mol. The van der Waals surface area contributed by atoms with Gasteiger partial charge in [0.05, 0.1) is 11.5 Å². The van der Waals surface area contributed by atoms with E-state index in [4.69, 9.17) is 9.47 Å². The van der Waals surface area contributed by atoms with Crippen molar-refractivity contribution in [3.63, 3.8) is 0 Å². The van der Waals surface area contributed by atoms with Gasteiger partial charge < -0.3 is 9.47 Å². The summed E-state index contributed by atoms with van der Waals surface area (Å²) in [6, 6.07) is 4.81. The number of hydrogen-bond acceptors (Lipinski definition) is 4. The molecule has 19 heavy (non-hydrogen) atoms. The Labute approximate surface area is 112 Å². The summed E-state index contributed by atoms with van der Waals surface area (Å²) in [4.78, 5) is -0.122. The Morgan fingerprint density at radius 2 is 2.05 bits per heavy atom. The molecule has 5 nitrogen and oxygen atoms in total. The molecule has 1 N–H and O–H groups in total. The minimum absolute atomic E-state index is 0.0240. The molecule has 0 amide bonds. The van der Waals surface area contributed by atoms with E-state index in [0.29, 0.717) is 0 Å². The maximum atomic E-state index is 13.0. The summed E-state index contributed by atoms with van der Waals surface area (Å²) in [6.45, 7) is 1.97. The van der Waals surface area contributed by atoms with Crippen LogP contribution in [-0.4, -0.2) is 41.4 Å². The van der Waals surface area contributed by atoms with Gasteiger partial charge in [-0.05, 0) is 25.1 Å². The van der Waals surface area contributed by atoms with Crippen LogP contribution in [0.4, 0.5) is 4.39 Å². The predicted octanol–water partition coefficient (Wildman–Crippen LogP) is 1.16. The predicted molar refractivity (Wildman–Crippen MR) is 68.9 cm³/mol. The minimum atomic E-state index is -3.77. The highest BCUT2D eigenvalue weighted by Crippen LogP contribution is 2.13. The van der Waals surface area contributed by atoms with Gasteiger partial charge in [-0.25, -0.2) is 17.5 Å². The molecule has 0 saturated carbocycles. The summed E-state index contributed by atoms with van der Waals surface area (Å²) in [5.74, 6) is -0.603. The number of halogens is 1. The lowest BCUT2D eigenvalue weighted by Gasteiger charge is -2.27. The van der Waals surface area contributed by atoms with E-state index < -0.39 is 21.4 Å². The first-order valence-electron chi connectivity index (χ1n) is 5.62. The molecular weight excluding hydrogens is 273 g/mol. The van der Waals surface area contributed by atoms with Crippen molar-refractivity contribution in [2.75, 3.05) is 27.4 Å². The molecule has 0 aliphatic heterocycles. The van der Waals surface area contributed by atoms with Crippen LogP contribution in [0.5, 0.6) is 0 Å². The van der Waals surface area contributed by atoms with Crippen LogP contribution in [0, 0.1) is 5.82 Å². The molecule has 1 rings (SSSR count). The van der Waals surface area contributed by atoms with E-state index in [-0.39, 0.29) is 18.0 Å². The van der Waals surface area contributed by atoms with Gasteiger partial charge in [0.1, 0.15) is 11.4 Å². The van der Waals surface area contributed by atoms with Crippen molar-refractivity contribution in [3.8, 4) is 0 Å². The second kappa shape index (κ2) is 6.42. The standard InChI is InChI=1S/C12H18FNO4S/c1-12(18-3,9-17-2)8-14-19(15,16)11-6-4-5-10(13)7-11/h4-7,14H,8-9H2,1-3H3/t12-/m1/s1. The van der Waals surface area contributed by atoms with Gasteiger partial charge in [0.25, 0.3) is 0 Å². The molecule has 0 heterocycles. The van der Waals surface area contributed by atoms with Crippen molar-refractivity contribution in [2.45, 2.75) is 17.4 Å². The molecule has 0 radical (unpaired) electrons. The Hall–Kier alpha value is -1.02. The van der Waals surface area contributed by atoms with Crippen LogP contribution in [0.2, 0.25) is 0 Å². The fourth-order valence-electron chi connectivity index (χ4n) is 1.45. The van der Waals surface area contributed by atoms with E-state index in [9.17, 15) is 12.8 Å². The van der Waals surface area contributed by atoms with Gasteiger partial charge >= 0.3 is 0 Å². The maximum Gasteiger partial charge on any atom is 0.240 e. The lowest BCUT2D eigenvalue weighted by atomic mass is 10.1. The number of rotatable bonds is 7. The number of benzene rings is 1. The van der Waals surface area contributed by atoms with Crippen molar-refractivity contribution in [1.82, 2.24) is 4.72 Å². The fourth-order valence-corrected chi connectivity index (χ4v) is 2.64. The highest BCUT2D eigenvalue weighted by atomic mass is 32.2. The Kier molecular flexibility index (Phi) is 5.42. The monoisotopic (exact) mass is 291 g/mol. The zero-order valence-electron chi connectivity index (χ0n) is 11.1. The molecule has 1 aromatic carbocycles. The van der Waals surface area contributed by atoms with Crippen LogP contribution in [-0.2, 0) is 19.5 Å². The minimum Gasteiger partial charge on any atom is -0.382 e. The Morgan fingerprint density at radius 1 is 1.37 bits per heavy atom. The van der Waals surface area contributed by atoms with Crippen LogP contribution < -0.4 is 4.72 Å². The topological polar surface area (TPSA) is 64.6 Å². The zero-order valence-corrected chi connectivity index (χ0v) is 12.0. The smallest absolute Gasteiger partial charge is 0.240 e. The van der Waals surface area contributed by atoms with E-state index in [1.165, 1.54) is 32.4 Å². The summed E-state index contributed by atoms with van der Waals surface area (Å²) in [5.41, 5.74) is -0.783. The highest BCUT2D eigenvalue weighted by Gasteiger charge is 2.26.